The van der Waals surface area contributed by atoms with Gasteiger partial charge in [-0.15, -0.1) is 11.3 Å². The van der Waals surface area contributed by atoms with Crippen LogP contribution in [0.2, 0.25) is 0 Å². The molecule has 1 heterocycles. The molecule has 5 heteroatoms. The maximum Gasteiger partial charge on any atom is 0.337 e. The Morgan fingerprint density at radius 3 is 2.71 bits per heavy atom. The van der Waals surface area contributed by atoms with Crippen LogP contribution >= 0.6 is 11.3 Å². The van der Waals surface area contributed by atoms with Crippen LogP contribution < -0.4 is 5.32 Å². The first-order valence-corrected chi connectivity index (χ1v) is 8.22. The second kappa shape index (κ2) is 6.68. The summed E-state index contributed by atoms with van der Waals surface area (Å²) in [5.41, 5.74) is 2.13. The Labute approximate surface area is 143 Å². The first kappa shape index (κ1) is 16.0. The molecule has 1 amide bonds. The summed E-state index contributed by atoms with van der Waals surface area (Å²) >= 11 is 1.65. The van der Waals surface area contributed by atoms with Crippen LogP contribution in [0, 0.1) is 0 Å². The number of rotatable bonds is 4. The molecule has 4 nitrogen and oxygen atoms in total. The second-order valence-electron chi connectivity index (χ2n) is 5.34. The molecule has 3 rings (SSSR count). The van der Waals surface area contributed by atoms with Crippen molar-refractivity contribution in [3.05, 3.63) is 71.1 Å². The van der Waals surface area contributed by atoms with Gasteiger partial charge in [0.05, 0.1) is 11.3 Å². The summed E-state index contributed by atoms with van der Waals surface area (Å²) in [6.45, 7) is 1.86. The van der Waals surface area contributed by atoms with Crippen LogP contribution in [0.25, 0.3) is 15.7 Å². The van der Waals surface area contributed by atoms with Crippen LogP contribution in [0.1, 0.15) is 22.8 Å². The first-order chi connectivity index (χ1) is 11.5. The van der Waals surface area contributed by atoms with Crippen LogP contribution in [-0.4, -0.2) is 17.0 Å². The molecule has 24 heavy (non-hydrogen) atoms. The van der Waals surface area contributed by atoms with Gasteiger partial charge in [-0.25, -0.2) is 4.79 Å². The Hall–Kier alpha value is -2.92. The number of anilines is 1. The summed E-state index contributed by atoms with van der Waals surface area (Å²) in [4.78, 5) is 23.4. The van der Waals surface area contributed by atoms with Crippen molar-refractivity contribution in [2.45, 2.75) is 6.92 Å². The van der Waals surface area contributed by atoms with Crippen molar-refractivity contribution in [3.63, 3.8) is 0 Å². The second-order valence-corrected chi connectivity index (χ2v) is 6.29. The molecular formula is C19H15NO3S. The number of carboxylic acid groups (broad SMARTS) is 1. The summed E-state index contributed by atoms with van der Waals surface area (Å²) in [7, 11) is 0. The Bertz CT molecular complexity index is 956. The molecule has 0 unspecified atom stereocenters. The molecule has 2 N–H and O–H groups in total. The fraction of sp³-hybridized carbons (Fsp3) is 0.0526. The number of benzene rings is 2. The zero-order valence-corrected chi connectivity index (χ0v) is 13.8. The molecule has 0 saturated heterocycles. The molecule has 0 atom stereocenters. The van der Waals surface area contributed by atoms with Crippen LogP contribution in [0.15, 0.2) is 60.0 Å². The number of thiophene rings is 1. The maximum atomic E-state index is 12.2. The molecule has 1 aromatic heterocycles. The number of hydrogen-bond acceptors (Lipinski definition) is 3. The zero-order chi connectivity index (χ0) is 17.1. The summed E-state index contributed by atoms with van der Waals surface area (Å²) < 4.78 is 1.16. The van der Waals surface area contributed by atoms with Gasteiger partial charge >= 0.3 is 5.97 Å². The zero-order valence-electron chi connectivity index (χ0n) is 12.9. The highest BCUT2D eigenvalue weighted by molar-refractivity contribution is 7.17. The van der Waals surface area contributed by atoms with Crippen molar-refractivity contribution in [1.29, 1.82) is 0 Å². The van der Waals surface area contributed by atoms with Crippen molar-refractivity contribution in [2.24, 2.45) is 0 Å². The molecule has 120 valence electrons. The molecule has 0 bridgehead atoms. The molecule has 0 saturated carbocycles. The van der Waals surface area contributed by atoms with Crippen molar-refractivity contribution >= 4 is 44.6 Å². The molecule has 0 aliphatic carbocycles. The smallest absolute Gasteiger partial charge is 0.337 e. The SMILES string of the molecule is CC(=CC(=O)Nc1ccccc1C(=O)O)c1ccc2ccsc2c1. The van der Waals surface area contributed by atoms with Crippen LogP contribution in [0.4, 0.5) is 5.69 Å². The normalized spacial score (nSPS) is 11.5. The Balaban J connectivity index is 1.82. The molecule has 0 aliphatic heterocycles. The van der Waals surface area contributed by atoms with E-state index >= 15 is 0 Å². The van der Waals surface area contributed by atoms with Gasteiger partial charge in [0.15, 0.2) is 0 Å². The highest BCUT2D eigenvalue weighted by Gasteiger charge is 2.11. The van der Waals surface area contributed by atoms with E-state index in [0.717, 1.165) is 15.8 Å². The third-order valence-corrected chi connectivity index (χ3v) is 4.55. The highest BCUT2D eigenvalue weighted by Crippen LogP contribution is 2.25. The summed E-state index contributed by atoms with van der Waals surface area (Å²) in [5, 5.41) is 15.0. The summed E-state index contributed by atoms with van der Waals surface area (Å²) in [6.07, 6.45) is 1.48. The lowest BCUT2D eigenvalue weighted by molar-refractivity contribution is -0.111. The Morgan fingerprint density at radius 1 is 1.12 bits per heavy atom. The average molecular weight is 337 g/mol. The van der Waals surface area contributed by atoms with Crippen molar-refractivity contribution < 1.29 is 14.7 Å². The lowest BCUT2D eigenvalue weighted by Crippen LogP contribution is -2.12. The predicted octanol–water partition coefficient (Wildman–Crippen LogP) is 4.64. The third-order valence-electron chi connectivity index (χ3n) is 3.67. The van der Waals surface area contributed by atoms with E-state index in [0.29, 0.717) is 0 Å². The van der Waals surface area contributed by atoms with E-state index in [2.05, 4.69) is 11.4 Å². The predicted molar refractivity (Wildman–Crippen MR) is 97.5 cm³/mol. The van der Waals surface area contributed by atoms with Gasteiger partial charge in [0.2, 0.25) is 5.91 Å². The van der Waals surface area contributed by atoms with Gasteiger partial charge in [0.25, 0.3) is 0 Å². The number of para-hydroxylation sites is 1. The van der Waals surface area contributed by atoms with Crippen LogP contribution in [0.5, 0.6) is 0 Å². The largest absolute Gasteiger partial charge is 0.478 e. The van der Waals surface area contributed by atoms with E-state index in [-0.39, 0.29) is 17.2 Å². The average Bonchev–Trinajstić information content (AvgIpc) is 3.02. The van der Waals surface area contributed by atoms with E-state index in [1.165, 1.54) is 17.5 Å². The van der Waals surface area contributed by atoms with E-state index in [1.807, 2.05) is 30.5 Å². The molecular weight excluding hydrogens is 322 g/mol. The summed E-state index contributed by atoms with van der Waals surface area (Å²) in [6, 6.07) is 14.4. The number of fused-ring (bicyclic) bond motifs is 1. The van der Waals surface area contributed by atoms with Crippen molar-refractivity contribution in [1.82, 2.24) is 0 Å². The van der Waals surface area contributed by atoms with E-state index in [9.17, 15) is 9.59 Å². The van der Waals surface area contributed by atoms with Gasteiger partial charge in [-0.05, 0) is 53.1 Å². The standard InChI is InChI=1S/C19H15NO3S/c1-12(14-7-6-13-8-9-24-17(13)11-14)10-18(21)20-16-5-3-2-4-15(16)19(22)23/h2-11H,1H3,(H,20,21)(H,22,23). The van der Waals surface area contributed by atoms with Crippen molar-refractivity contribution in [2.75, 3.05) is 5.32 Å². The Morgan fingerprint density at radius 2 is 1.92 bits per heavy atom. The number of aromatic carboxylic acids is 1. The molecule has 0 spiro atoms. The number of carboxylic acids is 1. The highest BCUT2D eigenvalue weighted by atomic mass is 32.1. The van der Waals surface area contributed by atoms with E-state index in [1.54, 1.807) is 29.5 Å². The molecule has 3 aromatic rings. The molecule has 0 radical (unpaired) electrons. The molecule has 0 fully saturated rings. The minimum Gasteiger partial charge on any atom is -0.478 e. The monoisotopic (exact) mass is 337 g/mol. The van der Waals surface area contributed by atoms with Gasteiger partial charge in [-0.2, -0.15) is 0 Å². The third kappa shape index (κ3) is 3.36. The molecule has 2 aromatic carbocycles. The fourth-order valence-corrected chi connectivity index (χ4v) is 3.26. The minimum absolute atomic E-state index is 0.0666. The van der Waals surface area contributed by atoms with Gasteiger partial charge in [0.1, 0.15) is 0 Å². The fourth-order valence-electron chi connectivity index (χ4n) is 2.43. The minimum atomic E-state index is -1.07. The number of hydrogen-bond donors (Lipinski definition) is 2. The first-order valence-electron chi connectivity index (χ1n) is 7.34. The summed E-state index contributed by atoms with van der Waals surface area (Å²) in [5.74, 6) is -1.43. The number of carbonyl (C=O) groups is 2. The number of carbonyl (C=O) groups excluding carboxylic acids is 1. The number of amides is 1. The van der Waals surface area contributed by atoms with Gasteiger partial charge in [-0.1, -0.05) is 24.3 Å². The Kier molecular flexibility index (Phi) is 4.44. The van der Waals surface area contributed by atoms with Gasteiger partial charge in [-0.3, -0.25) is 4.79 Å². The van der Waals surface area contributed by atoms with Crippen molar-refractivity contribution in [3.8, 4) is 0 Å². The lowest BCUT2D eigenvalue weighted by atomic mass is 10.1. The number of allylic oxidation sites excluding steroid dienone is 1. The topological polar surface area (TPSA) is 66.4 Å². The number of nitrogens with one attached hydrogen (secondary N) is 1. The quantitative estimate of drug-likeness (QED) is 0.682. The van der Waals surface area contributed by atoms with E-state index < -0.39 is 5.97 Å². The van der Waals surface area contributed by atoms with Crippen LogP contribution in [-0.2, 0) is 4.79 Å². The van der Waals surface area contributed by atoms with E-state index in [4.69, 9.17) is 5.11 Å². The van der Waals surface area contributed by atoms with Gasteiger partial charge in [0, 0.05) is 10.8 Å². The van der Waals surface area contributed by atoms with Gasteiger partial charge < -0.3 is 10.4 Å². The molecule has 0 aliphatic rings. The maximum absolute atomic E-state index is 12.2. The van der Waals surface area contributed by atoms with Crippen LogP contribution in [0.3, 0.4) is 0 Å². The lowest BCUT2D eigenvalue weighted by Gasteiger charge is -2.07.